The highest BCUT2D eigenvalue weighted by molar-refractivity contribution is 8.27. The van der Waals surface area contributed by atoms with Gasteiger partial charge in [0.25, 0.3) is 0 Å². The maximum absolute atomic E-state index is 10.1. The predicted octanol–water partition coefficient (Wildman–Crippen LogP) is 0.163. The average Bonchev–Trinajstić information content (AvgIpc) is 2.19. The number of hydrogen-bond acceptors (Lipinski definition) is 5. The number of amidine groups is 1. The Morgan fingerprint density at radius 2 is 2.00 bits per heavy atom. The van der Waals surface area contributed by atoms with Crippen molar-refractivity contribution in [3.63, 3.8) is 0 Å². The van der Waals surface area contributed by atoms with E-state index in [1.807, 2.05) is 0 Å². The van der Waals surface area contributed by atoms with Crippen molar-refractivity contribution in [3.8, 4) is 0 Å². The first-order valence-electron chi connectivity index (χ1n) is 3.87. The molecule has 72 valence electrons. The van der Waals surface area contributed by atoms with E-state index in [2.05, 4.69) is 0 Å². The van der Waals surface area contributed by atoms with Crippen molar-refractivity contribution in [1.82, 2.24) is 4.90 Å². The lowest BCUT2D eigenvalue weighted by molar-refractivity contribution is -0.102. The normalized spacial score (nSPS) is 16.8. The van der Waals surface area contributed by atoms with E-state index in [0.29, 0.717) is 32.6 Å². The molecular weight excluding hydrogens is 190 g/mol. The Bertz CT molecular complexity index is 226. The van der Waals surface area contributed by atoms with E-state index in [-0.39, 0.29) is 10.2 Å². The van der Waals surface area contributed by atoms with Gasteiger partial charge in [0.15, 0.2) is 11.5 Å². The van der Waals surface area contributed by atoms with Gasteiger partial charge in [-0.3, -0.25) is 15.6 Å². The number of rotatable bonds is 1. The Balaban J connectivity index is 2.37. The number of morpholine rings is 1. The number of hydrogen-bond donors (Lipinski definition) is 2. The highest BCUT2D eigenvalue weighted by atomic mass is 32.2. The Labute approximate surface area is 80.5 Å². The molecule has 5 nitrogen and oxygen atoms in total. The Hall–Kier alpha value is -0.880. The molecule has 1 fully saturated rings. The minimum Gasteiger partial charge on any atom is -0.378 e. The van der Waals surface area contributed by atoms with Crippen molar-refractivity contribution in [3.05, 3.63) is 0 Å². The number of aldehydes is 1. The molecule has 0 amide bonds. The number of carbonyl (C=O) groups is 1. The van der Waals surface area contributed by atoms with Crippen LogP contribution in [-0.4, -0.2) is 47.7 Å². The summed E-state index contributed by atoms with van der Waals surface area (Å²) in [7, 11) is 0. The molecule has 0 aromatic heterocycles. The molecule has 6 heteroatoms. The van der Waals surface area contributed by atoms with Gasteiger partial charge in [-0.05, 0) is 11.8 Å². The zero-order valence-corrected chi connectivity index (χ0v) is 7.89. The number of nitrogens with zero attached hydrogens (tertiary/aromatic N) is 1. The molecule has 0 radical (unpaired) electrons. The van der Waals surface area contributed by atoms with E-state index in [1.54, 1.807) is 4.90 Å². The van der Waals surface area contributed by atoms with Crippen molar-refractivity contribution in [1.29, 1.82) is 10.8 Å². The number of nitrogens with one attached hydrogen (secondary N) is 2. The van der Waals surface area contributed by atoms with Crippen LogP contribution < -0.4 is 0 Å². The first-order chi connectivity index (χ1) is 6.24. The highest BCUT2D eigenvalue weighted by Crippen LogP contribution is 2.09. The zero-order valence-electron chi connectivity index (χ0n) is 7.08. The van der Waals surface area contributed by atoms with Gasteiger partial charge < -0.3 is 9.64 Å². The molecule has 0 aliphatic carbocycles. The summed E-state index contributed by atoms with van der Waals surface area (Å²) in [5, 5.41) is 14.8. The molecule has 0 saturated carbocycles. The van der Waals surface area contributed by atoms with E-state index < -0.39 is 0 Å². The summed E-state index contributed by atoms with van der Waals surface area (Å²) in [6, 6.07) is 0. The zero-order chi connectivity index (χ0) is 9.68. The standard InChI is InChI=1S/C7H11N3O2S/c8-6(5-11)13-7(9)10-1-3-12-4-2-10/h5,8-9H,1-4H2. The summed E-state index contributed by atoms with van der Waals surface area (Å²) in [6.45, 7) is 2.55. The Morgan fingerprint density at radius 3 is 2.54 bits per heavy atom. The number of ether oxygens (including phenoxy) is 1. The molecule has 2 N–H and O–H groups in total. The second kappa shape index (κ2) is 4.98. The smallest absolute Gasteiger partial charge is 0.174 e. The van der Waals surface area contributed by atoms with Crippen LogP contribution >= 0.6 is 11.8 Å². The first-order valence-corrected chi connectivity index (χ1v) is 4.68. The molecule has 1 heterocycles. The van der Waals surface area contributed by atoms with Crippen LogP contribution in [0.2, 0.25) is 0 Å². The summed E-state index contributed by atoms with van der Waals surface area (Å²) in [5.41, 5.74) is 0. The van der Waals surface area contributed by atoms with Gasteiger partial charge in [-0.15, -0.1) is 0 Å². The lowest BCUT2D eigenvalue weighted by Gasteiger charge is -2.27. The third-order valence-electron chi connectivity index (χ3n) is 1.61. The second-order valence-corrected chi connectivity index (χ2v) is 3.52. The maximum Gasteiger partial charge on any atom is 0.174 e. The quantitative estimate of drug-likeness (QED) is 0.360. The van der Waals surface area contributed by atoms with Gasteiger partial charge >= 0.3 is 0 Å². The third kappa shape index (κ3) is 3.16. The molecule has 1 aliphatic heterocycles. The fourth-order valence-corrected chi connectivity index (χ4v) is 1.53. The number of thioether (sulfide) groups is 1. The summed E-state index contributed by atoms with van der Waals surface area (Å²) < 4.78 is 5.11. The topological polar surface area (TPSA) is 77.2 Å². The minimum absolute atomic E-state index is 0.128. The van der Waals surface area contributed by atoms with Crippen molar-refractivity contribution >= 4 is 28.3 Å². The van der Waals surface area contributed by atoms with Gasteiger partial charge in [0.05, 0.1) is 13.2 Å². The molecule has 0 unspecified atom stereocenters. The van der Waals surface area contributed by atoms with E-state index in [0.717, 1.165) is 11.8 Å². The molecule has 0 atom stereocenters. The van der Waals surface area contributed by atoms with Crippen molar-refractivity contribution in [2.24, 2.45) is 0 Å². The van der Waals surface area contributed by atoms with Crippen molar-refractivity contribution < 1.29 is 9.53 Å². The summed E-state index contributed by atoms with van der Waals surface area (Å²) in [6.07, 6.45) is 0.444. The van der Waals surface area contributed by atoms with Crippen LogP contribution in [0.3, 0.4) is 0 Å². The molecule has 0 aromatic rings. The van der Waals surface area contributed by atoms with Crippen LogP contribution in [0.1, 0.15) is 0 Å². The van der Waals surface area contributed by atoms with Gasteiger partial charge in [-0.25, -0.2) is 0 Å². The molecule has 0 aromatic carbocycles. The Morgan fingerprint density at radius 1 is 1.38 bits per heavy atom. The average molecular weight is 201 g/mol. The molecule has 13 heavy (non-hydrogen) atoms. The summed E-state index contributed by atoms with van der Waals surface area (Å²) >= 11 is 0.875. The molecular formula is C7H11N3O2S. The van der Waals surface area contributed by atoms with Crippen LogP contribution in [0.5, 0.6) is 0 Å². The monoisotopic (exact) mass is 201 g/mol. The summed E-state index contributed by atoms with van der Waals surface area (Å²) in [4.78, 5) is 11.9. The largest absolute Gasteiger partial charge is 0.378 e. The van der Waals surface area contributed by atoms with Gasteiger partial charge in [0, 0.05) is 13.1 Å². The predicted molar refractivity (Wildman–Crippen MR) is 51.5 cm³/mol. The minimum atomic E-state index is -0.128. The first kappa shape index (κ1) is 10.2. The van der Waals surface area contributed by atoms with Gasteiger partial charge in [-0.2, -0.15) is 0 Å². The lowest BCUT2D eigenvalue weighted by Crippen LogP contribution is -2.39. The van der Waals surface area contributed by atoms with E-state index >= 15 is 0 Å². The van der Waals surface area contributed by atoms with Gasteiger partial charge in [-0.1, -0.05) is 0 Å². The fraction of sp³-hybridized carbons (Fsp3) is 0.571. The van der Waals surface area contributed by atoms with Crippen LogP contribution in [0.25, 0.3) is 0 Å². The van der Waals surface area contributed by atoms with Gasteiger partial charge in [0.2, 0.25) is 0 Å². The highest BCUT2D eigenvalue weighted by Gasteiger charge is 2.15. The van der Waals surface area contributed by atoms with Crippen LogP contribution in [0, 0.1) is 10.8 Å². The van der Waals surface area contributed by atoms with Crippen LogP contribution in [-0.2, 0) is 9.53 Å². The second-order valence-electron chi connectivity index (χ2n) is 2.49. The van der Waals surface area contributed by atoms with Gasteiger partial charge in [0.1, 0.15) is 5.04 Å². The molecule has 0 bridgehead atoms. The summed E-state index contributed by atoms with van der Waals surface area (Å²) in [5.74, 6) is 0. The van der Waals surface area contributed by atoms with E-state index in [9.17, 15) is 4.79 Å². The van der Waals surface area contributed by atoms with Crippen molar-refractivity contribution in [2.45, 2.75) is 0 Å². The maximum atomic E-state index is 10.1. The van der Waals surface area contributed by atoms with E-state index in [1.165, 1.54) is 0 Å². The SMILES string of the molecule is N=C(C=O)SC(=N)N1CCOCC1. The molecule has 1 saturated heterocycles. The molecule has 1 rings (SSSR count). The van der Waals surface area contributed by atoms with E-state index in [4.69, 9.17) is 15.6 Å². The lowest BCUT2D eigenvalue weighted by atomic mass is 10.5. The molecule has 0 spiro atoms. The fourth-order valence-electron chi connectivity index (χ4n) is 0.959. The number of carbonyl (C=O) groups excluding carboxylic acids is 1. The van der Waals surface area contributed by atoms with Crippen LogP contribution in [0.4, 0.5) is 0 Å². The van der Waals surface area contributed by atoms with Crippen molar-refractivity contribution in [2.75, 3.05) is 26.3 Å². The Kier molecular flexibility index (Phi) is 3.91. The van der Waals surface area contributed by atoms with Crippen LogP contribution in [0.15, 0.2) is 0 Å². The third-order valence-corrected chi connectivity index (χ3v) is 2.38. The molecule has 1 aliphatic rings.